The Morgan fingerprint density at radius 1 is 1.18 bits per heavy atom. The second kappa shape index (κ2) is 6.03. The van der Waals surface area contributed by atoms with Gasteiger partial charge in [0, 0.05) is 13.2 Å². The molecule has 0 unspecified atom stereocenters. The number of hydrogen-bond donors (Lipinski definition) is 1. The van der Waals surface area contributed by atoms with Crippen LogP contribution >= 0.6 is 0 Å². The maximum Gasteiger partial charge on any atom is 0.119 e. The molecule has 0 atom stereocenters. The van der Waals surface area contributed by atoms with E-state index in [0.717, 1.165) is 11.7 Å². The molecule has 1 aliphatic rings. The van der Waals surface area contributed by atoms with Gasteiger partial charge in [-0.3, -0.25) is 0 Å². The third-order valence-electron chi connectivity index (χ3n) is 3.45. The van der Waals surface area contributed by atoms with Gasteiger partial charge >= 0.3 is 0 Å². The second-order valence-electron chi connectivity index (χ2n) is 4.56. The van der Waals surface area contributed by atoms with Crippen LogP contribution in [0.3, 0.4) is 0 Å². The standard InChI is InChI=1S/C14H21NO2/c1-15-13-9-12(10-13)11-3-5-14(6-4-11)17-8-7-16-2/h3-6,12-13,15H,7-10H2,1-2H3. The smallest absolute Gasteiger partial charge is 0.119 e. The van der Waals surface area contributed by atoms with Crippen LogP contribution in [0.5, 0.6) is 5.75 Å². The molecule has 1 N–H and O–H groups in total. The lowest BCUT2D eigenvalue weighted by atomic mass is 9.76. The minimum Gasteiger partial charge on any atom is -0.491 e. The van der Waals surface area contributed by atoms with Gasteiger partial charge in [-0.1, -0.05) is 12.1 Å². The van der Waals surface area contributed by atoms with E-state index in [1.807, 2.05) is 7.05 Å². The van der Waals surface area contributed by atoms with Crippen LogP contribution in [0.4, 0.5) is 0 Å². The average Bonchev–Trinajstić information content (AvgIpc) is 2.30. The zero-order valence-electron chi connectivity index (χ0n) is 10.6. The van der Waals surface area contributed by atoms with Crippen molar-refractivity contribution in [3.8, 4) is 5.75 Å². The van der Waals surface area contributed by atoms with E-state index < -0.39 is 0 Å². The number of benzene rings is 1. The van der Waals surface area contributed by atoms with Gasteiger partial charge in [0.2, 0.25) is 0 Å². The molecule has 1 aliphatic carbocycles. The lowest BCUT2D eigenvalue weighted by Crippen LogP contribution is -2.37. The quantitative estimate of drug-likeness (QED) is 0.767. The minimum absolute atomic E-state index is 0.612. The van der Waals surface area contributed by atoms with Crippen molar-refractivity contribution in [1.29, 1.82) is 0 Å². The fraction of sp³-hybridized carbons (Fsp3) is 0.571. The maximum atomic E-state index is 5.54. The number of hydrogen-bond acceptors (Lipinski definition) is 3. The summed E-state index contributed by atoms with van der Waals surface area (Å²) in [6.45, 7) is 1.25. The molecule has 17 heavy (non-hydrogen) atoms. The van der Waals surface area contributed by atoms with E-state index in [1.165, 1.54) is 18.4 Å². The number of nitrogens with one attached hydrogen (secondary N) is 1. The third-order valence-corrected chi connectivity index (χ3v) is 3.45. The predicted octanol–water partition coefficient (Wildman–Crippen LogP) is 2.18. The number of rotatable bonds is 6. The Labute approximate surface area is 103 Å². The number of ether oxygens (including phenoxy) is 2. The van der Waals surface area contributed by atoms with Gasteiger partial charge in [0.15, 0.2) is 0 Å². The number of methoxy groups -OCH3 is 1. The average molecular weight is 235 g/mol. The van der Waals surface area contributed by atoms with Gasteiger partial charge in [-0.05, 0) is 43.5 Å². The summed E-state index contributed by atoms with van der Waals surface area (Å²) < 4.78 is 10.5. The van der Waals surface area contributed by atoms with Gasteiger partial charge in [-0.25, -0.2) is 0 Å². The molecule has 0 amide bonds. The zero-order valence-corrected chi connectivity index (χ0v) is 10.6. The van der Waals surface area contributed by atoms with Crippen molar-refractivity contribution >= 4 is 0 Å². The largest absolute Gasteiger partial charge is 0.491 e. The molecule has 0 saturated heterocycles. The molecule has 94 valence electrons. The van der Waals surface area contributed by atoms with Crippen molar-refractivity contribution in [3.63, 3.8) is 0 Å². The molecule has 1 aromatic carbocycles. The summed E-state index contributed by atoms with van der Waals surface area (Å²) in [7, 11) is 3.72. The topological polar surface area (TPSA) is 30.5 Å². The molecule has 0 heterocycles. The van der Waals surface area contributed by atoms with Crippen molar-refractivity contribution in [2.75, 3.05) is 27.4 Å². The first-order chi connectivity index (χ1) is 8.33. The molecule has 1 fully saturated rings. The molecule has 0 aliphatic heterocycles. The molecule has 2 rings (SSSR count). The van der Waals surface area contributed by atoms with Crippen molar-refractivity contribution in [3.05, 3.63) is 29.8 Å². The fourth-order valence-electron chi connectivity index (χ4n) is 2.20. The lowest BCUT2D eigenvalue weighted by Gasteiger charge is -2.35. The summed E-state index contributed by atoms with van der Waals surface area (Å²) in [5.41, 5.74) is 1.43. The van der Waals surface area contributed by atoms with Crippen LogP contribution in [0.25, 0.3) is 0 Å². The van der Waals surface area contributed by atoms with Gasteiger partial charge in [0.05, 0.1) is 6.61 Å². The Balaban J connectivity index is 1.82. The summed E-state index contributed by atoms with van der Waals surface area (Å²) in [5, 5.41) is 3.31. The van der Waals surface area contributed by atoms with Gasteiger partial charge in [-0.15, -0.1) is 0 Å². The first kappa shape index (κ1) is 12.4. The van der Waals surface area contributed by atoms with Crippen LogP contribution < -0.4 is 10.1 Å². The van der Waals surface area contributed by atoms with Crippen LogP contribution in [-0.4, -0.2) is 33.4 Å². The summed E-state index contributed by atoms with van der Waals surface area (Å²) in [6, 6.07) is 9.17. The first-order valence-corrected chi connectivity index (χ1v) is 6.22. The van der Waals surface area contributed by atoms with Gasteiger partial charge < -0.3 is 14.8 Å². The summed E-state index contributed by atoms with van der Waals surface area (Å²) in [5.74, 6) is 1.65. The van der Waals surface area contributed by atoms with Crippen molar-refractivity contribution in [2.45, 2.75) is 24.8 Å². The van der Waals surface area contributed by atoms with Gasteiger partial charge in [0.25, 0.3) is 0 Å². The van der Waals surface area contributed by atoms with E-state index in [9.17, 15) is 0 Å². The van der Waals surface area contributed by atoms with Crippen LogP contribution in [0.1, 0.15) is 24.3 Å². The summed E-state index contributed by atoms with van der Waals surface area (Å²) in [4.78, 5) is 0. The van der Waals surface area contributed by atoms with Crippen molar-refractivity contribution < 1.29 is 9.47 Å². The highest BCUT2D eigenvalue weighted by molar-refractivity contribution is 5.31. The normalized spacial score (nSPS) is 23.2. The molecular weight excluding hydrogens is 214 g/mol. The molecule has 0 bridgehead atoms. The SMILES string of the molecule is CNC1CC(c2ccc(OCCOC)cc2)C1. The van der Waals surface area contributed by atoms with E-state index in [4.69, 9.17) is 9.47 Å². The Bertz CT molecular complexity index is 331. The minimum atomic E-state index is 0.612. The van der Waals surface area contributed by atoms with Crippen LogP contribution in [0, 0.1) is 0 Å². The summed E-state index contributed by atoms with van der Waals surface area (Å²) in [6.07, 6.45) is 2.50. The van der Waals surface area contributed by atoms with Crippen LogP contribution in [-0.2, 0) is 4.74 Å². The van der Waals surface area contributed by atoms with E-state index in [2.05, 4.69) is 29.6 Å². The molecule has 0 radical (unpaired) electrons. The lowest BCUT2D eigenvalue weighted by molar-refractivity contribution is 0.146. The van der Waals surface area contributed by atoms with E-state index in [0.29, 0.717) is 19.3 Å². The second-order valence-corrected chi connectivity index (χ2v) is 4.56. The van der Waals surface area contributed by atoms with Crippen molar-refractivity contribution in [2.24, 2.45) is 0 Å². The third kappa shape index (κ3) is 3.20. The van der Waals surface area contributed by atoms with Crippen molar-refractivity contribution in [1.82, 2.24) is 5.32 Å². The molecule has 1 saturated carbocycles. The van der Waals surface area contributed by atoms with Gasteiger partial charge in [0.1, 0.15) is 12.4 Å². The van der Waals surface area contributed by atoms with E-state index in [-0.39, 0.29) is 0 Å². The highest BCUT2D eigenvalue weighted by Crippen LogP contribution is 2.37. The van der Waals surface area contributed by atoms with Crippen LogP contribution in [0.2, 0.25) is 0 Å². The van der Waals surface area contributed by atoms with Crippen LogP contribution in [0.15, 0.2) is 24.3 Å². The fourth-order valence-corrected chi connectivity index (χ4v) is 2.20. The molecule has 3 heteroatoms. The molecule has 0 spiro atoms. The van der Waals surface area contributed by atoms with E-state index >= 15 is 0 Å². The monoisotopic (exact) mass is 235 g/mol. The first-order valence-electron chi connectivity index (χ1n) is 6.22. The highest BCUT2D eigenvalue weighted by Gasteiger charge is 2.28. The highest BCUT2D eigenvalue weighted by atomic mass is 16.5. The Morgan fingerprint density at radius 3 is 2.47 bits per heavy atom. The molecule has 0 aromatic heterocycles. The maximum absolute atomic E-state index is 5.54. The van der Waals surface area contributed by atoms with Gasteiger partial charge in [-0.2, -0.15) is 0 Å². The Morgan fingerprint density at radius 2 is 1.88 bits per heavy atom. The Kier molecular flexibility index (Phi) is 4.40. The predicted molar refractivity (Wildman–Crippen MR) is 68.6 cm³/mol. The zero-order chi connectivity index (χ0) is 12.1. The van der Waals surface area contributed by atoms with E-state index in [1.54, 1.807) is 7.11 Å². The molecule has 3 nitrogen and oxygen atoms in total. The molecular formula is C14H21NO2. The Hall–Kier alpha value is -1.06. The molecule has 1 aromatic rings. The summed E-state index contributed by atoms with van der Waals surface area (Å²) >= 11 is 0.